The number of hydrogen-bond acceptors (Lipinski definition) is 3. The van der Waals surface area contributed by atoms with Gasteiger partial charge in [0.2, 0.25) is 0 Å². The smallest absolute Gasteiger partial charge is 0.165 e. The number of rotatable bonds is 5. The summed E-state index contributed by atoms with van der Waals surface area (Å²) < 4.78 is 18.6. The fourth-order valence-electron chi connectivity index (χ4n) is 2.67. The third-order valence-electron chi connectivity index (χ3n) is 3.70. The molecule has 1 aliphatic heterocycles. The van der Waals surface area contributed by atoms with E-state index in [4.69, 9.17) is 4.74 Å². The van der Waals surface area contributed by atoms with Crippen LogP contribution in [0.5, 0.6) is 5.75 Å². The van der Waals surface area contributed by atoms with Crippen LogP contribution in [0.3, 0.4) is 0 Å². The van der Waals surface area contributed by atoms with Crippen molar-refractivity contribution in [2.45, 2.75) is 32.4 Å². The van der Waals surface area contributed by atoms with Gasteiger partial charge in [0.1, 0.15) is 0 Å². The molecule has 0 bridgehead atoms. The predicted octanol–water partition coefficient (Wildman–Crippen LogP) is 2.41. The van der Waals surface area contributed by atoms with Gasteiger partial charge < -0.3 is 10.1 Å². The molecule has 1 atom stereocenters. The predicted molar refractivity (Wildman–Crippen MR) is 74.9 cm³/mol. The van der Waals surface area contributed by atoms with Gasteiger partial charge in [-0.2, -0.15) is 0 Å². The van der Waals surface area contributed by atoms with Crippen molar-refractivity contribution >= 4 is 0 Å². The number of nitrogens with zero attached hydrogens (tertiary/aromatic N) is 1. The Balaban J connectivity index is 2.04. The van der Waals surface area contributed by atoms with E-state index in [0.717, 1.165) is 31.7 Å². The highest BCUT2D eigenvalue weighted by atomic mass is 19.1. The Morgan fingerprint density at radius 3 is 3.00 bits per heavy atom. The number of halogens is 1. The molecule has 3 nitrogen and oxygen atoms in total. The summed E-state index contributed by atoms with van der Waals surface area (Å²) in [4.78, 5) is 2.45. The maximum Gasteiger partial charge on any atom is 0.165 e. The maximum atomic E-state index is 13.7. The molecule has 1 heterocycles. The molecule has 1 aliphatic rings. The standard InChI is InChI=1S/C15H23FN2O/c1-3-4-13-10-17-7-8-18(13)11-12-5-6-15(19-2)14(16)9-12/h5-6,9,13,17H,3-4,7-8,10-11H2,1-2H3. The quantitative estimate of drug-likeness (QED) is 0.885. The monoisotopic (exact) mass is 266 g/mol. The molecule has 19 heavy (non-hydrogen) atoms. The average Bonchev–Trinajstić information content (AvgIpc) is 2.41. The van der Waals surface area contributed by atoms with E-state index >= 15 is 0 Å². The van der Waals surface area contributed by atoms with Crippen molar-refractivity contribution in [3.8, 4) is 5.75 Å². The molecule has 1 aromatic rings. The summed E-state index contributed by atoms with van der Waals surface area (Å²) >= 11 is 0. The minimum absolute atomic E-state index is 0.276. The molecule has 0 radical (unpaired) electrons. The van der Waals surface area contributed by atoms with Gasteiger partial charge >= 0.3 is 0 Å². The Morgan fingerprint density at radius 1 is 1.47 bits per heavy atom. The SMILES string of the molecule is CCCC1CNCCN1Cc1ccc(OC)c(F)c1. The van der Waals surface area contributed by atoms with Crippen molar-refractivity contribution in [3.05, 3.63) is 29.6 Å². The lowest BCUT2D eigenvalue weighted by atomic mass is 10.1. The van der Waals surface area contributed by atoms with Crippen molar-refractivity contribution in [1.29, 1.82) is 0 Å². The Kier molecular flexibility index (Phi) is 5.16. The van der Waals surface area contributed by atoms with Crippen LogP contribution in [-0.4, -0.2) is 37.7 Å². The summed E-state index contributed by atoms with van der Waals surface area (Å²) in [6.07, 6.45) is 2.37. The second-order valence-corrected chi connectivity index (χ2v) is 5.09. The Hall–Kier alpha value is -1.13. The zero-order chi connectivity index (χ0) is 13.7. The summed E-state index contributed by atoms with van der Waals surface area (Å²) in [5.41, 5.74) is 1.02. The molecule has 1 unspecified atom stereocenters. The molecule has 0 aromatic heterocycles. The van der Waals surface area contributed by atoms with E-state index in [1.54, 1.807) is 12.1 Å². The first-order valence-corrected chi connectivity index (χ1v) is 7.01. The molecule has 1 saturated heterocycles. The van der Waals surface area contributed by atoms with Gasteiger partial charge in [0.25, 0.3) is 0 Å². The molecular formula is C15H23FN2O. The molecule has 4 heteroatoms. The Labute approximate surface area is 114 Å². The highest BCUT2D eigenvalue weighted by Gasteiger charge is 2.21. The number of methoxy groups -OCH3 is 1. The maximum absolute atomic E-state index is 13.7. The number of hydrogen-bond donors (Lipinski definition) is 1. The van der Waals surface area contributed by atoms with E-state index in [1.165, 1.54) is 20.0 Å². The summed E-state index contributed by atoms with van der Waals surface area (Å²) in [6.45, 7) is 6.09. The van der Waals surface area contributed by atoms with Crippen molar-refractivity contribution < 1.29 is 9.13 Å². The topological polar surface area (TPSA) is 24.5 Å². The van der Waals surface area contributed by atoms with Crippen molar-refractivity contribution in [3.63, 3.8) is 0 Å². The van der Waals surface area contributed by atoms with Gasteiger partial charge in [0.15, 0.2) is 11.6 Å². The fraction of sp³-hybridized carbons (Fsp3) is 0.600. The van der Waals surface area contributed by atoms with Crippen LogP contribution in [0.25, 0.3) is 0 Å². The zero-order valence-corrected chi connectivity index (χ0v) is 11.8. The van der Waals surface area contributed by atoms with Crippen molar-refractivity contribution in [2.24, 2.45) is 0 Å². The molecule has 0 amide bonds. The van der Waals surface area contributed by atoms with Crippen LogP contribution in [-0.2, 0) is 6.54 Å². The lowest BCUT2D eigenvalue weighted by molar-refractivity contribution is 0.144. The van der Waals surface area contributed by atoms with Crippen LogP contribution in [0.1, 0.15) is 25.3 Å². The number of nitrogens with one attached hydrogen (secondary N) is 1. The van der Waals surface area contributed by atoms with E-state index in [9.17, 15) is 4.39 Å². The summed E-state index contributed by atoms with van der Waals surface area (Å²) in [7, 11) is 1.49. The van der Waals surface area contributed by atoms with Crippen LogP contribution < -0.4 is 10.1 Å². The van der Waals surface area contributed by atoms with E-state index in [1.807, 2.05) is 6.07 Å². The number of benzene rings is 1. The molecule has 2 rings (SSSR count). The lowest BCUT2D eigenvalue weighted by Crippen LogP contribution is -2.50. The van der Waals surface area contributed by atoms with Gasteiger partial charge in [0.05, 0.1) is 7.11 Å². The van der Waals surface area contributed by atoms with Gasteiger partial charge in [-0.15, -0.1) is 0 Å². The van der Waals surface area contributed by atoms with Gasteiger partial charge in [-0.3, -0.25) is 4.90 Å². The number of ether oxygens (including phenoxy) is 1. The van der Waals surface area contributed by atoms with Crippen LogP contribution >= 0.6 is 0 Å². The second-order valence-electron chi connectivity index (χ2n) is 5.09. The molecule has 1 fully saturated rings. The van der Waals surface area contributed by atoms with Gasteiger partial charge in [0, 0.05) is 32.2 Å². The lowest BCUT2D eigenvalue weighted by Gasteiger charge is -2.36. The Bertz CT molecular complexity index is 409. The highest BCUT2D eigenvalue weighted by molar-refractivity contribution is 5.29. The first kappa shape index (κ1) is 14.3. The molecule has 0 saturated carbocycles. The first-order valence-electron chi connectivity index (χ1n) is 7.01. The van der Waals surface area contributed by atoms with Gasteiger partial charge in [-0.05, 0) is 24.1 Å². The third-order valence-corrected chi connectivity index (χ3v) is 3.70. The second kappa shape index (κ2) is 6.87. The normalized spacial score (nSPS) is 20.5. The van der Waals surface area contributed by atoms with E-state index in [-0.39, 0.29) is 5.82 Å². The minimum Gasteiger partial charge on any atom is -0.494 e. The average molecular weight is 266 g/mol. The van der Waals surface area contributed by atoms with Crippen LogP contribution in [0, 0.1) is 5.82 Å². The van der Waals surface area contributed by atoms with E-state index in [2.05, 4.69) is 17.1 Å². The molecule has 0 spiro atoms. The van der Waals surface area contributed by atoms with Crippen LogP contribution in [0.4, 0.5) is 4.39 Å². The summed E-state index contributed by atoms with van der Waals surface area (Å²) in [6, 6.07) is 5.81. The van der Waals surface area contributed by atoms with Gasteiger partial charge in [-0.25, -0.2) is 4.39 Å². The first-order chi connectivity index (χ1) is 9.24. The minimum atomic E-state index is -0.276. The van der Waals surface area contributed by atoms with E-state index < -0.39 is 0 Å². The van der Waals surface area contributed by atoms with Crippen molar-refractivity contribution in [1.82, 2.24) is 10.2 Å². The molecule has 0 aliphatic carbocycles. The van der Waals surface area contributed by atoms with Crippen LogP contribution in [0.2, 0.25) is 0 Å². The van der Waals surface area contributed by atoms with E-state index in [0.29, 0.717) is 11.8 Å². The number of piperazine rings is 1. The Morgan fingerprint density at radius 2 is 2.32 bits per heavy atom. The third kappa shape index (κ3) is 3.67. The fourth-order valence-corrected chi connectivity index (χ4v) is 2.67. The molecular weight excluding hydrogens is 243 g/mol. The zero-order valence-electron chi connectivity index (χ0n) is 11.8. The molecule has 1 N–H and O–H groups in total. The van der Waals surface area contributed by atoms with Crippen LogP contribution in [0.15, 0.2) is 18.2 Å². The summed E-state index contributed by atoms with van der Waals surface area (Å²) in [5.74, 6) is 0.0383. The van der Waals surface area contributed by atoms with Gasteiger partial charge in [-0.1, -0.05) is 19.4 Å². The molecule has 106 valence electrons. The molecule has 1 aromatic carbocycles. The largest absolute Gasteiger partial charge is 0.494 e. The summed E-state index contributed by atoms with van der Waals surface area (Å²) in [5, 5.41) is 3.43. The highest BCUT2D eigenvalue weighted by Crippen LogP contribution is 2.20. The van der Waals surface area contributed by atoms with Crippen molar-refractivity contribution in [2.75, 3.05) is 26.7 Å².